The number of nitrogens with two attached hydrogens (primary N) is 1. The molecule has 0 bridgehead atoms. The SMILES string of the molecule is CCc1sc(N)c(C(=O)O)c1CC. The predicted octanol–water partition coefficient (Wildman–Crippen LogP) is 2.15. The van der Waals surface area contributed by atoms with E-state index < -0.39 is 5.97 Å². The molecule has 0 saturated carbocycles. The summed E-state index contributed by atoms with van der Waals surface area (Å²) in [6, 6.07) is 0. The molecule has 0 aliphatic heterocycles. The summed E-state index contributed by atoms with van der Waals surface area (Å²) in [5.74, 6) is -0.912. The van der Waals surface area contributed by atoms with Crippen molar-refractivity contribution < 1.29 is 9.90 Å². The first-order chi connectivity index (χ1) is 6.11. The van der Waals surface area contributed by atoms with Crippen LogP contribution in [0, 0.1) is 0 Å². The fourth-order valence-corrected chi connectivity index (χ4v) is 2.52. The maximum atomic E-state index is 10.9. The number of hydrogen-bond acceptors (Lipinski definition) is 3. The monoisotopic (exact) mass is 199 g/mol. The quantitative estimate of drug-likeness (QED) is 0.784. The number of hydrogen-bond donors (Lipinski definition) is 2. The number of anilines is 1. The van der Waals surface area contributed by atoms with Crippen LogP contribution in [0.5, 0.6) is 0 Å². The first-order valence-electron chi connectivity index (χ1n) is 4.25. The fourth-order valence-electron chi connectivity index (χ4n) is 1.43. The van der Waals surface area contributed by atoms with Gasteiger partial charge in [-0.05, 0) is 18.4 Å². The van der Waals surface area contributed by atoms with E-state index in [0.29, 0.717) is 10.6 Å². The third-order valence-corrected chi connectivity index (χ3v) is 3.21. The lowest BCUT2D eigenvalue weighted by Gasteiger charge is -1.98. The van der Waals surface area contributed by atoms with Gasteiger partial charge in [-0.1, -0.05) is 13.8 Å². The van der Waals surface area contributed by atoms with Crippen LogP contribution in [-0.2, 0) is 12.8 Å². The number of aromatic carboxylic acids is 1. The molecule has 13 heavy (non-hydrogen) atoms. The van der Waals surface area contributed by atoms with Gasteiger partial charge in [0.1, 0.15) is 5.00 Å². The molecule has 1 rings (SSSR count). The van der Waals surface area contributed by atoms with Gasteiger partial charge in [-0.2, -0.15) is 0 Å². The zero-order valence-electron chi connectivity index (χ0n) is 7.76. The summed E-state index contributed by atoms with van der Waals surface area (Å²) >= 11 is 1.39. The molecule has 1 heterocycles. The van der Waals surface area contributed by atoms with E-state index in [1.165, 1.54) is 11.3 Å². The van der Waals surface area contributed by atoms with Crippen LogP contribution in [0.4, 0.5) is 5.00 Å². The maximum Gasteiger partial charge on any atom is 0.338 e. The molecule has 0 unspecified atom stereocenters. The largest absolute Gasteiger partial charge is 0.478 e. The summed E-state index contributed by atoms with van der Waals surface area (Å²) in [6.07, 6.45) is 1.59. The van der Waals surface area contributed by atoms with Crippen molar-refractivity contribution in [2.24, 2.45) is 0 Å². The van der Waals surface area contributed by atoms with Crippen LogP contribution >= 0.6 is 11.3 Å². The van der Waals surface area contributed by atoms with Gasteiger partial charge in [-0.15, -0.1) is 11.3 Å². The minimum Gasteiger partial charge on any atom is -0.478 e. The summed E-state index contributed by atoms with van der Waals surface area (Å²) in [6.45, 7) is 3.96. The van der Waals surface area contributed by atoms with Gasteiger partial charge in [0.15, 0.2) is 0 Å². The Bertz CT molecular complexity index is 331. The average molecular weight is 199 g/mol. The van der Waals surface area contributed by atoms with E-state index in [0.717, 1.165) is 23.3 Å². The molecule has 0 amide bonds. The fraction of sp³-hybridized carbons (Fsp3) is 0.444. The number of rotatable bonds is 3. The number of carboxylic acid groups (broad SMARTS) is 1. The van der Waals surface area contributed by atoms with E-state index in [1.807, 2.05) is 13.8 Å². The predicted molar refractivity (Wildman–Crippen MR) is 54.4 cm³/mol. The van der Waals surface area contributed by atoms with Gasteiger partial charge in [0.2, 0.25) is 0 Å². The van der Waals surface area contributed by atoms with E-state index in [1.54, 1.807) is 0 Å². The van der Waals surface area contributed by atoms with Crippen LogP contribution in [0.3, 0.4) is 0 Å². The topological polar surface area (TPSA) is 63.3 Å². The Labute approximate surface area is 81.2 Å². The average Bonchev–Trinajstić information content (AvgIpc) is 2.41. The third-order valence-electron chi connectivity index (χ3n) is 2.01. The summed E-state index contributed by atoms with van der Waals surface area (Å²) in [5, 5.41) is 9.34. The minimum absolute atomic E-state index is 0.310. The second kappa shape index (κ2) is 3.79. The molecule has 1 aromatic heterocycles. The van der Waals surface area contributed by atoms with Gasteiger partial charge in [0.25, 0.3) is 0 Å². The highest BCUT2D eigenvalue weighted by Crippen LogP contribution is 2.31. The highest BCUT2D eigenvalue weighted by Gasteiger charge is 2.19. The normalized spacial score (nSPS) is 10.3. The smallest absolute Gasteiger partial charge is 0.338 e. The van der Waals surface area contributed by atoms with Crippen molar-refractivity contribution in [1.29, 1.82) is 0 Å². The van der Waals surface area contributed by atoms with Crippen LogP contribution in [0.15, 0.2) is 0 Å². The van der Waals surface area contributed by atoms with Crippen LogP contribution in [0.2, 0.25) is 0 Å². The van der Waals surface area contributed by atoms with Crippen LogP contribution in [-0.4, -0.2) is 11.1 Å². The van der Waals surface area contributed by atoms with Crippen LogP contribution in [0.25, 0.3) is 0 Å². The number of aryl methyl sites for hydroxylation is 1. The summed E-state index contributed by atoms with van der Waals surface area (Å²) in [5.41, 5.74) is 6.84. The van der Waals surface area contributed by atoms with E-state index in [9.17, 15) is 4.79 Å². The van der Waals surface area contributed by atoms with Crippen molar-refractivity contribution >= 4 is 22.3 Å². The molecule has 72 valence electrons. The Balaban J connectivity index is 3.31. The molecule has 0 spiro atoms. The van der Waals surface area contributed by atoms with Crippen molar-refractivity contribution in [2.75, 3.05) is 5.73 Å². The molecule has 0 fully saturated rings. The van der Waals surface area contributed by atoms with Crippen molar-refractivity contribution in [2.45, 2.75) is 26.7 Å². The zero-order chi connectivity index (χ0) is 10.0. The van der Waals surface area contributed by atoms with Gasteiger partial charge in [0.05, 0.1) is 5.56 Å². The lowest BCUT2D eigenvalue weighted by Crippen LogP contribution is -2.02. The van der Waals surface area contributed by atoms with Gasteiger partial charge >= 0.3 is 5.97 Å². The van der Waals surface area contributed by atoms with E-state index >= 15 is 0 Å². The first-order valence-corrected chi connectivity index (χ1v) is 5.06. The minimum atomic E-state index is -0.912. The lowest BCUT2D eigenvalue weighted by atomic mass is 10.1. The van der Waals surface area contributed by atoms with E-state index in [-0.39, 0.29) is 0 Å². The Kier molecular flexibility index (Phi) is 2.93. The summed E-state index contributed by atoms with van der Waals surface area (Å²) < 4.78 is 0. The molecular weight excluding hydrogens is 186 g/mol. The second-order valence-corrected chi connectivity index (χ2v) is 3.89. The highest BCUT2D eigenvalue weighted by molar-refractivity contribution is 7.16. The Hall–Kier alpha value is -1.03. The van der Waals surface area contributed by atoms with Crippen molar-refractivity contribution in [3.8, 4) is 0 Å². The molecule has 0 aliphatic carbocycles. The first kappa shape index (κ1) is 10.1. The lowest BCUT2D eigenvalue weighted by molar-refractivity contribution is 0.0697. The third kappa shape index (κ3) is 1.67. The van der Waals surface area contributed by atoms with Gasteiger partial charge in [-0.3, -0.25) is 0 Å². The van der Waals surface area contributed by atoms with Crippen molar-refractivity contribution in [1.82, 2.24) is 0 Å². The van der Waals surface area contributed by atoms with Crippen LogP contribution < -0.4 is 5.73 Å². The standard InChI is InChI=1S/C9H13NO2S/c1-3-5-6(4-2)13-8(10)7(5)9(11)12/h3-4,10H2,1-2H3,(H,11,12). The molecule has 0 aliphatic rings. The highest BCUT2D eigenvalue weighted by atomic mass is 32.1. The molecule has 4 heteroatoms. The second-order valence-electron chi connectivity index (χ2n) is 2.76. The van der Waals surface area contributed by atoms with E-state index in [2.05, 4.69) is 0 Å². The van der Waals surface area contributed by atoms with Crippen molar-refractivity contribution in [3.63, 3.8) is 0 Å². The molecule has 3 N–H and O–H groups in total. The van der Waals surface area contributed by atoms with Crippen LogP contribution in [0.1, 0.15) is 34.6 Å². The Morgan fingerprint density at radius 2 is 2.08 bits per heavy atom. The van der Waals surface area contributed by atoms with Gasteiger partial charge in [0, 0.05) is 4.88 Å². The number of nitrogen functional groups attached to an aromatic ring is 1. The molecule has 0 atom stereocenters. The molecule has 3 nitrogen and oxygen atoms in total. The number of carboxylic acids is 1. The van der Waals surface area contributed by atoms with Gasteiger partial charge < -0.3 is 10.8 Å². The van der Waals surface area contributed by atoms with Crippen molar-refractivity contribution in [3.05, 3.63) is 16.0 Å². The number of thiophene rings is 1. The van der Waals surface area contributed by atoms with E-state index in [4.69, 9.17) is 10.8 Å². The summed E-state index contributed by atoms with van der Waals surface area (Å²) in [7, 11) is 0. The zero-order valence-corrected chi connectivity index (χ0v) is 8.57. The maximum absolute atomic E-state index is 10.9. The Morgan fingerprint density at radius 1 is 1.46 bits per heavy atom. The molecular formula is C9H13NO2S. The molecule has 1 aromatic rings. The number of carbonyl (C=O) groups is 1. The molecule has 0 radical (unpaired) electrons. The Morgan fingerprint density at radius 3 is 2.46 bits per heavy atom. The molecule has 0 aromatic carbocycles. The summed E-state index contributed by atoms with van der Waals surface area (Å²) in [4.78, 5) is 12.0. The molecule has 0 saturated heterocycles. The van der Waals surface area contributed by atoms with Gasteiger partial charge in [-0.25, -0.2) is 4.79 Å².